The topological polar surface area (TPSA) is 80.3 Å². The van der Waals surface area contributed by atoms with E-state index in [0.29, 0.717) is 59.7 Å². The van der Waals surface area contributed by atoms with Gasteiger partial charge in [0, 0.05) is 0 Å². The normalized spacial score (nSPS) is 10.5. The lowest BCUT2D eigenvalue weighted by molar-refractivity contribution is 0.0719. The van der Waals surface area contributed by atoms with Gasteiger partial charge < -0.3 is 23.7 Å². The maximum atomic E-state index is 12.8. The van der Waals surface area contributed by atoms with Crippen molar-refractivity contribution < 1.29 is 33.3 Å². The lowest BCUT2D eigenvalue weighted by Gasteiger charge is -2.14. The van der Waals surface area contributed by atoms with Crippen molar-refractivity contribution in [2.75, 3.05) is 19.8 Å². The van der Waals surface area contributed by atoms with Crippen LogP contribution in [-0.2, 0) is 0 Å². The van der Waals surface area contributed by atoms with Gasteiger partial charge in [0.15, 0.2) is 11.5 Å². The zero-order valence-electron chi connectivity index (χ0n) is 23.1. The van der Waals surface area contributed by atoms with E-state index in [1.807, 2.05) is 0 Å². The summed E-state index contributed by atoms with van der Waals surface area (Å²) in [7, 11) is 0. The van der Waals surface area contributed by atoms with Crippen LogP contribution in [0.2, 0.25) is 0 Å². The Kier molecular flexibility index (Phi) is 12.2. The molecule has 0 heterocycles. The molecule has 0 unspecified atom stereocenters. The summed E-state index contributed by atoms with van der Waals surface area (Å²) in [6.45, 7) is 8.05. The first-order valence-corrected chi connectivity index (χ1v) is 13.7. The Labute approximate surface area is 231 Å². The third kappa shape index (κ3) is 9.67. The van der Waals surface area contributed by atoms with Crippen molar-refractivity contribution in [3.05, 3.63) is 77.9 Å². The molecule has 0 aliphatic heterocycles. The van der Waals surface area contributed by atoms with E-state index in [9.17, 15) is 9.59 Å². The molecule has 0 aliphatic rings. The molecule has 3 aromatic carbocycles. The van der Waals surface area contributed by atoms with Crippen LogP contribution < -0.4 is 23.7 Å². The molecule has 0 atom stereocenters. The molecular formula is C32H38O7. The second-order valence-electron chi connectivity index (χ2n) is 9.04. The number of rotatable bonds is 16. The minimum Gasteiger partial charge on any atom is -0.494 e. The smallest absolute Gasteiger partial charge is 0.343 e. The summed E-state index contributed by atoms with van der Waals surface area (Å²) >= 11 is 0. The van der Waals surface area contributed by atoms with Gasteiger partial charge in [0.1, 0.15) is 17.2 Å². The Morgan fingerprint density at radius 2 is 0.949 bits per heavy atom. The molecule has 208 valence electrons. The Bertz CT molecular complexity index is 1170. The Morgan fingerprint density at radius 1 is 0.513 bits per heavy atom. The first-order chi connectivity index (χ1) is 19.0. The van der Waals surface area contributed by atoms with Crippen molar-refractivity contribution in [1.82, 2.24) is 0 Å². The zero-order valence-corrected chi connectivity index (χ0v) is 23.1. The van der Waals surface area contributed by atoms with Crippen LogP contribution in [0.5, 0.6) is 28.7 Å². The molecule has 0 spiro atoms. The van der Waals surface area contributed by atoms with Crippen molar-refractivity contribution >= 4 is 11.9 Å². The number of carbonyl (C=O) groups is 2. The van der Waals surface area contributed by atoms with Crippen LogP contribution in [0.1, 0.15) is 80.0 Å². The summed E-state index contributed by atoms with van der Waals surface area (Å²) in [6, 6.07) is 18.2. The average molecular weight is 535 g/mol. The van der Waals surface area contributed by atoms with Crippen molar-refractivity contribution in [1.29, 1.82) is 0 Å². The van der Waals surface area contributed by atoms with Gasteiger partial charge in [-0.25, -0.2) is 9.59 Å². The summed E-state index contributed by atoms with van der Waals surface area (Å²) in [5, 5.41) is 0. The van der Waals surface area contributed by atoms with Crippen LogP contribution in [0.25, 0.3) is 0 Å². The highest BCUT2D eigenvalue weighted by Crippen LogP contribution is 2.30. The minimum absolute atomic E-state index is 0.324. The molecular weight excluding hydrogens is 496 g/mol. The standard InChI is InChI=1S/C32H38O7/c1-4-7-20-35-26-13-10-24(11-14-26)31(33)38-27-15-17-28(18-16-27)39-32(34)25-12-19-29(36-21-8-5-2)30(23-25)37-22-9-6-3/h10-19,23H,4-9,20-22H2,1-3H3. The van der Waals surface area contributed by atoms with Crippen molar-refractivity contribution in [3.8, 4) is 28.7 Å². The van der Waals surface area contributed by atoms with Crippen LogP contribution in [-0.4, -0.2) is 31.8 Å². The first-order valence-electron chi connectivity index (χ1n) is 13.7. The van der Waals surface area contributed by atoms with Crippen LogP contribution in [0.3, 0.4) is 0 Å². The lowest BCUT2D eigenvalue weighted by atomic mass is 10.2. The fourth-order valence-corrected chi connectivity index (χ4v) is 3.45. The summed E-state index contributed by atoms with van der Waals surface area (Å²) in [6.07, 6.45) is 5.89. The molecule has 3 rings (SSSR count). The SMILES string of the molecule is CCCCOc1ccc(C(=O)Oc2ccc(OC(=O)c3ccc(OCCCC)c(OCCCC)c3)cc2)cc1. The van der Waals surface area contributed by atoms with Gasteiger partial charge in [-0.2, -0.15) is 0 Å². The van der Waals surface area contributed by atoms with Gasteiger partial charge in [0.25, 0.3) is 0 Å². The second-order valence-corrected chi connectivity index (χ2v) is 9.04. The molecule has 7 heteroatoms. The molecule has 0 bridgehead atoms. The molecule has 0 N–H and O–H groups in total. The van der Waals surface area contributed by atoms with Crippen LogP contribution >= 0.6 is 0 Å². The first kappa shape index (κ1) is 29.6. The van der Waals surface area contributed by atoms with E-state index < -0.39 is 11.9 Å². The molecule has 0 saturated carbocycles. The second kappa shape index (κ2) is 16.1. The fourth-order valence-electron chi connectivity index (χ4n) is 3.45. The van der Waals surface area contributed by atoms with E-state index in [0.717, 1.165) is 38.5 Å². The average Bonchev–Trinajstić information content (AvgIpc) is 2.95. The maximum absolute atomic E-state index is 12.8. The van der Waals surface area contributed by atoms with E-state index in [1.165, 1.54) is 0 Å². The summed E-state index contributed by atoms with van der Waals surface area (Å²) in [5.74, 6) is 1.49. The minimum atomic E-state index is -0.526. The highest BCUT2D eigenvalue weighted by molar-refractivity contribution is 5.92. The molecule has 0 amide bonds. The number of benzene rings is 3. The van der Waals surface area contributed by atoms with E-state index >= 15 is 0 Å². The highest BCUT2D eigenvalue weighted by atomic mass is 16.5. The number of carbonyl (C=O) groups excluding carboxylic acids is 2. The molecule has 0 saturated heterocycles. The highest BCUT2D eigenvalue weighted by Gasteiger charge is 2.15. The van der Waals surface area contributed by atoms with Gasteiger partial charge >= 0.3 is 11.9 Å². The van der Waals surface area contributed by atoms with Crippen LogP contribution in [0.15, 0.2) is 66.7 Å². The lowest BCUT2D eigenvalue weighted by Crippen LogP contribution is -2.10. The quantitative estimate of drug-likeness (QED) is 0.106. The number of ether oxygens (including phenoxy) is 5. The number of esters is 2. The van der Waals surface area contributed by atoms with Gasteiger partial charge in [0.2, 0.25) is 0 Å². The summed E-state index contributed by atoms with van der Waals surface area (Å²) < 4.78 is 28.3. The Balaban J connectivity index is 1.58. The third-order valence-corrected chi connectivity index (χ3v) is 5.79. The maximum Gasteiger partial charge on any atom is 0.343 e. The Morgan fingerprint density at radius 3 is 1.49 bits per heavy atom. The van der Waals surface area contributed by atoms with E-state index in [2.05, 4.69) is 20.8 Å². The molecule has 3 aromatic rings. The predicted octanol–water partition coefficient (Wildman–Crippen LogP) is 7.66. The van der Waals surface area contributed by atoms with Gasteiger partial charge in [-0.3, -0.25) is 0 Å². The molecule has 0 radical (unpaired) electrons. The zero-order chi connectivity index (χ0) is 27.9. The molecule has 0 fully saturated rings. The number of hydrogen-bond donors (Lipinski definition) is 0. The van der Waals surface area contributed by atoms with Crippen molar-refractivity contribution in [3.63, 3.8) is 0 Å². The van der Waals surface area contributed by atoms with Gasteiger partial charge in [-0.15, -0.1) is 0 Å². The predicted molar refractivity (Wildman–Crippen MR) is 150 cm³/mol. The van der Waals surface area contributed by atoms with Crippen LogP contribution in [0, 0.1) is 0 Å². The Hall–Kier alpha value is -4.00. The van der Waals surface area contributed by atoms with Crippen molar-refractivity contribution in [2.24, 2.45) is 0 Å². The monoisotopic (exact) mass is 534 g/mol. The van der Waals surface area contributed by atoms with Crippen molar-refractivity contribution in [2.45, 2.75) is 59.3 Å². The van der Waals surface area contributed by atoms with Gasteiger partial charge in [-0.1, -0.05) is 40.0 Å². The molecule has 0 aromatic heterocycles. The van der Waals surface area contributed by atoms with Gasteiger partial charge in [-0.05, 0) is 86.0 Å². The summed E-state index contributed by atoms with van der Waals surface area (Å²) in [5.41, 5.74) is 0.759. The number of hydrogen-bond acceptors (Lipinski definition) is 7. The van der Waals surface area contributed by atoms with E-state index in [1.54, 1.807) is 66.7 Å². The number of unbranched alkanes of at least 4 members (excludes halogenated alkanes) is 3. The molecule has 0 aliphatic carbocycles. The fraction of sp³-hybridized carbons (Fsp3) is 0.375. The molecule has 7 nitrogen and oxygen atoms in total. The van der Waals surface area contributed by atoms with Crippen LogP contribution in [0.4, 0.5) is 0 Å². The van der Waals surface area contributed by atoms with E-state index in [-0.39, 0.29) is 0 Å². The van der Waals surface area contributed by atoms with E-state index in [4.69, 9.17) is 23.7 Å². The molecule has 39 heavy (non-hydrogen) atoms. The summed E-state index contributed by atoms with van der Waals surface area (Å²) in [4.78, 5) is 25.3. The largest absolute Gasteiger partial charge is 0.494 e. The third-order valence-electron chi connectivity index (χ3n) is 5.79. The van der Waals surface area contributed by atoms with Gasteiger partial charge in [0.05, 0.1) is 30.9 Å².